The van der Waals surface area contributed by atoms with Crippen LogP contribution in [-0.2, 0) is 4.79 Å². The maximum absolute atomic E-state index is 11.2. The highest BCUT2D eigenvalue weighted by molar-refractivity contribution is 8.14. The minimum atomic E-state index is 0.466. The molecule has 5 unspecified atom stereocenters. The van der Waals surface area contributed by atoms with Gasteiger partial charge in [-0.15, -0.1) is 0 Å². The molecule has 3 rings (SSSR count). The molecule has 1 aliphatic heterocycles. The van der Waals surface area contributed by atoms with Gasteiger partial charge in [0.05, 0.1) is 0 Å². The lowest BCUT2D eigenvalue weighted by Gasteiger charge is -2.27. The van der Waals surface area contributed by atoms with E-state index in [9.17, 15) is 4.79 Å². The van der Waals surface area contributed by atoms with Crippen molar-refractivity contribution in [1.29, 1.82) is 0 Å². The molecule has 2 heteroatoms. The van der Waals surface area contributed by atoms with Gasteiger partial charge in [-0.05, 0) is 36.5 Å². The Bertz CT molecular complexity index is 238. The average molecular weight is 182 g/mol. The molecular formula is C10H14OS. The van der Waals surface area contributed by atoms with E-state index in [1.165, 1.54) is 12.8 Å². The standard InChI is InChI=1S/C10H14OS/c1-5-2-6-3-7(5)10-8(6)4-9(11)12-10/h5-8,10H,2-4H2,1H3. The SMILES string of the molecule is CC1CC2CC1C1SC(=O)CC21. The summed E-state index contributed by atoms with van der Waals surface area (Å²) in [6.45, 7) is 2.37. The van der Waals surface area contributed by atoms with Crippen LogP contribution in [0.2, 0.25) is 0 Å². The third-order valence-corrected chi connectivity index (χ3v) is 5.50. The molecule has 0 aromatic rings. The fourth-order valence-corrected chi connectivity index (χ4v) is 5.21. The smallest absolute Gasteiger partial charge is 0.189 e. The van der Waals surface area contributed by atoms with Crippen molar-refractivity contribution in [2.75, 3.05) is 0 Å². The van der Waals surface area contributed by atoms with Gasteiger partial charge in [0.1, 0.15) is 0 Å². The van der Waals surface area contributed by atoms with Gasteiger partial charge in [0, 0.05) is 11.7 Å². The molecule has 0 spiro atoms. The van der Waals surface area contributed by atoms with E-state index >= 15 is 0 Å². The number of rotatable bonds is 0. The van der Waals surface area contributed by atoms with Crippen LogP contribution < -0.4 is 0 Å². The maximum Gasteiger partial charge on any atom is 0.189 e. The first-order chi connectivity index (χ1) is 5.75. The van der Waals surface area contributed by atoms with Crippen molar-refractivity contribution in [2.45, 2.75) is 31.4 Å². The number of thioether (sulfide) groups is 1. The van der Waals surface area contributed by atoms with Gasteiger partial charge in [-0.1, -0.05) is 18.7 Å². The molecule has 5 atom stereocenters. The van der Waals surface area contributed by atoms with E-state index in [2.05, 4.69) is 6.92 Å². The van der Waals surface area contributed by atoms with Gasteiger partial charge < -0.3 is 0 Å². The van der Waals surface area contributed by atoms with Gasteiger partial charge in [0.15, 0.2) is 5.12 Å². The average Bonchev–Trinajstić information content (AvgIpc) is 2.57. The van der Waals surface area contributed by atoms with Crippen LogP contribution in [0, 0.1) is 23.7 Å². The Balaban J connectivity index is 1.90. The van der Waals surface area contributed by atoms with Crippen LogP contribution in [0.5, 0.6) is 0 Å². The van der Waals surface area contributed by atoms with Gasteiger partial charge in [0.25, 0.3) is 0 Å². The second-order valence-electron chi connectivity index (χ2n) is 4.70. The zero-order valence-corrected chi connectivity index (χ0v) is 8.14. The van der Waals surface area contributed by atoms with Crippen LogP contribution in [-0.4, -0.2) is 10.4 Å². The highest BCUT2D eigenvalue weighted by atomic mass is 32.2. The summed E-state index contributed by atoms with van der Waals surface area (Å²) in [6.07, 6.45) is 3.72. The lowest BCUT2D eigenvalue weighted by Crippen LogP contribution is -2.25. The third kappa shape index (κ3) is 0.795. The molecule has 3 fully saturated rings. The zero-order chi connectivity index (χ0) is 8.29. The van der Waals surface area contributed by atoms with Crippen molar-refractivity contribution in [1.82, 2.24) is 0 Å². The first-order valence-electron chi connectivity index (χ1n) is 4.95. The van der Waals surface area contributed by atoms with Crippen molar-refractivity contribution in [3.8, 4) is 0 Å². The van der Waals surface area contributed by atoms with Crippen LogP contribution >= 0.6 is 11.8 Å². The molecule has 66 valence electrons. The Morgan fingerprint density at radius 1 is 1.33 bits per heavy atom. The zero-order valence-electron chi connectivity index (χ0n) is 7.32. The molecule has 1 nitrogen and oxygen atoms in total. The monoisotopic (exact) mass is 182 g/mol. The van der Waals surface area contributed by atoms with Crippen LogP contribution in [0.25, 0.3) is 0 Å². The Morgan fingerprint density at radius 3 is 3.00 bits per heavy atom. The quantitative estimate of drug-likeness (QED) is 0.572. The third-order valence-electron chi connectivity index (χ3n) is 4.10. The van der Waals surface area contributed by atoms with E-state index in [-0.39, 0.29) is 0 Å². The predicted octanol–water partition coefficient (Wildman–Crippen LogP) is 2.31. The van der Waals surface area contributed by atoms with E-state index in [4.69, 9.17) is 0 Å². The molecule has 2 aliphatic carbocycles. The van der Waals surface area contributed by atoms with Crippen LogP contribution in [0.15, 0.2) is 0 Å². The van der Waals surface area contributed by atoms with Gasteiger partial charge in [-0.2, -0.15) is 0 Å². The van der Waals surface area contributed by atoms with Gasteiger partial charge in [0.2, 0.25) is 0 Å². The van der Waals surface area contributed by atoms with Crippen molar-refractivity contribution in [2.24, 2.45) is 23.7 Å². The van der Waals surface area contributed by atoms with E-state index in [0.29, 0.717) is 5.12 Å². The summed E-state index contributed by atoms with van der Waals surface area (Å²) in [5.74, 6) is 3.48. The summed E-state index contributed by atoms with van der Waals surface area (Å²) in [4.78, 5) is 11.2. The second-order valence-corrected chi connectivity index (χ2v) is 5.93. The van der Waals surface area contributed by atoms with Gasteiger partial charge in [-0.3, -0.25) is 4.79 Å². The van der Waals surface area contributed by atoms with Crippen LogP contribution in [0.4, 0.5) is 0 Å². The van der Waals surface area contributed by atoms with Crippen molar-refractivity contribution >= 4 is 16.9 Å². The number of hydrogen-bond donors (Lipinski definition) is 0. The van der Waals surface area contributed by atoms with Gasteiger partial charge in [-0.25, -0.2) is 0 Å². The molecule has 2 bridgehead atoms. The summed E-state index contributed by atoms with van der Waals surface area (Å²) in [6, 6.07) is 0. The van der Waals surface area contributed by atoms with Gasteiger partial charge >= 0.3 is 0 Å². The van der Waals surface area contributed by atoms with E-state index in [0.717, 1.165) is 35.3 Å². The number of fused-ring (bicyclic) bond motifs is 5. The lowest BCUT2D eigenvalue weighted by molar-refractivity contribution is -0.111. The first kappa shape index (κ1) is 7.43. The van der Waals surface area contributed by atoms with Crippen molar-refractivity contribution in [3.63, 3.8) is 0 Å². The number of hydrogen-bond acceptors (Lipinski definition) is 2. The molecule has 0 N–H and O–H groups in total. The topological polar surface area (TPSA) is 17.1 Å². The molecule has 1 heterocycles. The second kappa shape index (κ2) is 2.28. The minimum Gasteiger partial charge on any atom is -0.287 e. The molecule has 0 radical (unpaired) electrons. The van der Waals surface area contributed by atoms with E-state index in [1.807, 2.05) is 0 Å². The Kier molecular flexibility index (Phi) is 1.41. The summed E-state index contributed by atoms with van der Waals surface area (Å²) in [5.41, 5.74) is 0. The summed E-state index contributed by atoms with van der Waals surface area (Å²) < 4.78 is 0. The van der Waals surface area contributed by atoms with Crippen LogP contribution in [0.1, 0.15) is 26.2 Å². The summed E-state index contributed by atoms with van der Waals surface area (Å²) >= 11 is 1.66. The highest BCUT2D eigenvalue weighted by Gasteiger charge is 2.55. The molecule has 0 aromatic carbocycles. The normalized spacial score (nSPS) is 56.4. The molecule has 2 saturated carbocycles. The van der Waals surface area contributed by atoms with E-state index < -0.39 is 0 Å². The number of carbonyl (C=O) groups is 1. The first-order valence-corrected chi connectivity index (χ1v) is 5.83. The fraction of sp³-hybridized carbons (Fsp3) is 0.900. The minimum absolute atomic E-state index is 0.466. The summed E-state index contributed by atoms with van der Waals surface area (Å²) in [7, 11) is 0. The largest absolute Gasteiger partial charge is 0.287 e. The Hall–Kier alpha value is 0.0200. The number of carbonyl (C=O) groups excluding carboxylic acids is 1. The molecule has 0 amide bonds. The molecular weight excluding hydrogens is 168 g/mol. The molecule has 12 heavy (non-hydrogen) atoms. The highest BCUT2D eigenvalue weighted by Crippen LogP contribution is 2.60. The van der Waals surface area contributed by atoms with Crippen molar-refractivity contribution in [3.05, 3.63) is 0 Å². The van der Waals surface area contributed by atoms with E-state index in [1.54, 1.807) is 11.8 Å². The fourth-order valence-electron chi connectivity index (χ4n) is 3.57. The summed E-state index contributed by atoms with van der Waals surface area (Å²) in [5, 5.41) is 1.19. The Labute approximate surface area is 77.3 Å². The van der Waals surface area contributed by atoms with Crippen LogP contribution in [0.3, 0.4) is 0 Å². The maximum atomic E-state index is 11.2. The lowest BCUT2D eigenvalue weighted by atomic mass is 9.81. The molecule has 1 saturated heterocycles. The Morgan fingerprint density at radius 2 is 2.17 bits per heavy atom. The predicted molar refractivity (Wildman–Crippen MR) is 49.9 cm³/mol. The van der Waals surface area contributed by atoms with Crippen molar-refractivity contribution < 1.29 is 4.79 Å². The molecule has 0 aromatic heterocycles. The molecule has 3 aliphatic rings.